The van der Waals surface area contributed by atoms with Crippen LogP contribution >= 0.6 is 0 Å². The van der Waals surface area contributed by atoms with Crippen molar-refractivity contribution >= 4 is 11.7 Å². The molecule has 5 heteroatoms. The number of morpholine rings is 1. The van der Waals surface area contributed by atoms with Crippen molar-refractivity contribution in [1.82, 2.24) is 5.01 Å². The highest BCUT2D eigenvalue weighted by Gasteiger charge is 2.18. The van der Waals surface area contributed by atoms with E-state index >= 15 is 0 Å². The minimum Gasteiger partial charge on any atom is -0.465 e. The fourth-order valence-electron chi connectivity index (χ4n) is 2.25. The zero-order chi connectivity index (χ0) is 13.7. The van der Waals surface area contributed by atoms with Gasteiger partial charge in [-0.3, -0.25) is 0 Å². The van der Waals surface area contributed by atoms with E-state index in [-0.39, 0.29) is 5.97 Å². The number of benzene rings is 1. The van der Waals surface area contributed by atoms with Crippen LogP contribution in [0.5, 0.6) is 0 Å². The predicted octanol–water partition coefficient (Wildman–Crippen LogP) is 1.55. The lowest BCUT2D eigenvalue weighted by molar-refractivity contribution is 0.0322. The summed E-state index contributed by atoms with van der Waals surface area (Å²) in [5, 5.41) is 4.43. The van der Waals surface area contributed by atoms with Gasteiger partial charge in [-0.1, -0.05) is 6.07 Å². The summed E-state index contributed by atoms with van der Waals surface area (Å²) >= 11 is 0. The second-order valence-corrected chi connectivity index (χ2v) is 4.32. The summed E-state index contributed by atoms with van der Waals surface area (Å²) in [4.78, 5) is 11.6. The summed E-state index contributed by atoms with van der Waals surface area (Å²) in [5.41, 5.74) is 1.58. The second-order valence-electron chi connectivity index (χ2n) is 4.32. The zero-order valence-electron chi connectivity index (χ0n) is 11.5. The Morgan fingerprint density at radius 2 is 2.16 bits per heavy atom. The number of hydrogen-bond donors (Lipinski definition) is 0. The first-order valence-electron chi connectivity index (χ1n) is 6.54. The van der Waals surface area contributed by atoms with Crippen LogP contribution in [-0.2, 0) is 9.47 Å². The summed E-state index contributed by atoms with van der Waals surface area (Å²) < 4.78 is 10.1. The lowest BCUT2D eigenvalue weighted by atomic mass is 10.2. The lowest BCUT2D eigenvalue weighted by Crippen LogP contribution is -2.49. The minimum absolute atomic E-state index is 0.306. The fraction of sp³-hybridized carbons (Fsp3) is 0.500. The van der Waals surface area contributed by atoms with Gasteiger partial charge in [0.15, 0.2) is 0 Å². The Hall–Kier alpha value is -1.59. The van der Waals surface area contributed by atoms with Gasteiger partial charge in [-0.25, -0.2) is 9.80 Å². The molecule has 0 aromatic heterocycles. The number of anilines is 1. The maximum atomic E-state index is 11.6. The molecule has 1 aliphatic heterocycles. The Bertz CT molecular complexity index is 430. The van der Waals surface area contributed by atoms with Crippen molar-refractivity contribution in [3.05, 3.63) is 29.8 Å². The Morgan fingerprint density at radius 3 is 2.79 bits per heavy atom. The second kappa shape index (κ2) is 6.54. The fourth-order valence-corrected chi connectivity index (χ4v) is 2.25. The summed E-state index contributed by atoms with van der Waals surface area (Å²) in [6, 6.07) is 7.52. The zero-order valence-corrected chi connectivity index (χ0v) is 11.5. The molecule has 0 bridgehead atoms. The molecule has 5 nitrogen and oxygen atoms in total. The molecule has 1 saturated heterocycles. The summed E-state index contributed by atoms with van der Waals surface area (Å²) in [7, 11) is 1.40. The SMILES string of the molecule is CCN(c1cccc(C(=O)OC)c1)N1CCOCC1. The van der Waals surface area contributed by atoms with Crippen LogP contribution < -0.4 is 5.01 Å². The highest BCUT2D eigenvalue weighted by molar-refractivity contribution is 5.90. The first-order chi connectivity index (χ1) is 9.26. The van der Waals surface area contributed by atoms with E-state index in [4.69, 9.17) is 9.47 Å². The highest BCUT2D eigenvalue weighted by atomic mass is 16.5. The van der Waals surface area contributed by atoms with Gasteiger partial charge < -0.3 is 14.5 Å². The van der Waals surface area contributed by atoms with E-state index in [0.29, 0.717) is 5.56 Å². The average Bonchev–Trinajstić information content (AvgIpc) is 2.48. The topological polar surface area (TPSA) is 42.0 Å². The van der Waals surface area contributed by atoms with Crippen LogP contribution in [0.25, 0.3) is 0 Å². The third-order valence-corrected chi connectivity index (χ3v) is 3.19. The van der Waals surface area contributed by atoms with Gasteiger partial charge in [0.25, 0.3) is 0 Å². The number of carbonyl (C=O) groups excluding carboxylic acids is 1. The molecular formula is C14H20N2O3. The smallest absolute Gasteiger partial charge is 0.337 e. The molecule has 1 aliphatic rings. The molecule has 19 heavy (non-hydrogen) atoms. The largest absolute Gasteiger partial charge is 0.465 e. The van der Waals surface area contributed by atoms with E-state index < -0.39 is 0 Å². The highest BCUT2D eigenvalue weighted by Crippen LogP contribution is 2.19. The molecule has 1 aromatic carbocycles. The summed E-state index contributed by atoms with van der Waals surface area (Å²) in [6.45, 7) is 6.18. The Balaban J connectivity index is 2.19. The molecule has 0 saturated carbocycles. The summed E-state index contributed by atoms with van der Waals surface area (Å²) in [6.07, 6.45) is 0. The molecule has 1 aromatic rings. The van der Waals surface area contributed by atoms with Crippen LogP contribution in [0.4, 0.5) is 5.69 Å². The van der Waals surface area contributed by atoms with Gasteiger partial charge in [0.05, 0.1) is 31.6 Å². The van der Waals surface area contributed by atoms with Crippen LogP contribution in [0.3, 0.4) is 0 Å². The minimum atomic E-state index is -0.306. The average molecular weight is 264 g/mol. The molecule has 1 fully saturated rings. The van der Waals surface area contributed by atoms with E-state index in [1.54, 1.807) is 6.07 Å². The molecule has 0 radical (unpaired) electrons. The van der Waals surface area contributed by atoms with Crippen molar-refractivity contribution in [1.29, 1.82) is 0 Å². The van der Waals surface area contributed by atoms with Crippen molar-refractivity contribution in [2.45, 2.75) is 6.92 Å². The molecule has 2 rings (SSSR count). The third kappa shape index (κ3) is 3.24. The van der Waals surface area contributed by atoms with Crippen LogP contribution in [-0.4, -0.2) is 50.9 Å². The van der Waals surface area contributed by atoms with Crippen LogP contribution in [0.1, 0.15) is 17.3 Å². The maximum absolute atomic E-state index is 11.6. The van der Waals surface area contributed by atoms with Crippen molar-refractivity contribution in [2.24, 2.45) is 0 Å². The number of carbonyl (C=O) groups is 1. The van der Waals surface area contributed by atoms with Gasteiger partial charge in [0, 0.05) is 19.6 Å². The molecular weight excluding hydrogens is 244 g/mol. The van der Waals surface area contributed by atoms with E-state index in [9.17, 15) is 4.79 Å². The number of methoxy groups -OCH3 is 1. The maximum Gasteiger partial charge on any atom is 0.337 e. The van der Waals surface area contributed by atoms with Gasteiger partial charge in [-0.15, -0.1) is 0 Å². The molecule has 1 heterocycles. The van der Waals surface area contributed by atoms with Crippen LogP contribution in [0.15, 0.2) is 24.3 Å². The van der Waals surface area contributed by atoms with Gasteiger partial charge in [0.1, 0.15) is 0 Å². The quantitative estimate of drug-likeness (QED) is 0.772. The molecule has 0 spiro atoms. The Kier molecular flexibility index (Phi) is 4.76. The molecule has 104 valence electrons. The number of nitrogens with zero attached hydrogens (tertiary/aromatic N) is 2. The van der Waals surface area contributed by atoms with E-state index in [1.807, 2.05) is 18.2 Å². The molecule has 0 unspecified atom stereocenters. The normalized spacial score (nSPS) is 16.1. The number of esters is 1. The number of hydrogen-bond acceptors (Lipinski definition) is 5. The number of ether oxygens (including phenoxy) is 2. The van der Waals surface area contributed by atoms with E-state index in [2.05, 4.69) is 16.9 Å². The van der Waals surface area contributed by atoms with Crippen molar-refractivity contribution in [3.8, 4) is 0 Å². The van der Waals surface area contributed by atoms with E-state index in [1.165, 1.54) is 7.11 Å². The third-order valence-electron chi connectivity index (χ3n) is 3.19. The molecule has 0 atom stereocenters. The van der Waals surface area contributed by atoms with Crippen molar-refractivity contribution in [3.63, 3.8) is 0 Å². The lowest BCUT2D eigenvalue weighted by Gasteiger charge is -2.38. The van der Waals surface area contributed by atoms with E-state index in [0.717, 1.165) is 38.5 Å². The van der Waals surface area contributed by atoms with Crippen molar-refractivity contribution < 1.29 is 14.3 Å². The molecule has 0 N–H and O–H groups in total. The van der Waals surface area contributed by atoms with Crippen molar-refractivity contribution in [2.75, 3.05) is 45.0 Å². The van der Waals surface area contributed by atoms with Gasteiger partial charge >= 0.3 is 5.97 Å². The standard InChI is InChI=1S/C14H20N2O3/c1-3-16(15-7-9-19-10-8-15)13-6-4-5-12(11-13)14(17)18-2/h4-6,11H,3,7-10H2,1-2H3. The summed E-state index contributed by atoms with van der Waals surface area (Å²) in [5.74, 6) is -0.306. The first-order valence-corrected chi connectivity index (χ1v) is 6.54. The van der Waals surface area contributed by atoms with Crippen LogP contribution in [0.2, 0.25) is 0 Å². The monoisotopic (exact) mass is 264 g/mol. The molecule has 0 amide bonds. The first kappa shape index (κ1) is 13.8. The number of rotatable bonds is 4. The van der Waals surface area contributed by atoms with Crippen LogP contribution in [0, 0.1) is 0 Å². The Labute approximate surface area is 113 Å². The van der Waals surface area contributed by atoms with Gasteiger partial charge in [-0.2, -0.15) is 0 Å². The number of hydrazine groups is 1. The predicted molar refractivity (Wildman–Crippen MR) is 73.2 cm³/mol. The van der Waals surface area contributed by atoms with Gasteiger partial charge in [0.2, 0.25) is 0 Å². The van der Waals surface area contributed by atoms with Gasteiger partial charge in [-0.05, 0) is 25.1 Å². The molecule has 0 aliphatic carbocycles. The Morgan fingerprint density at radius 1 is 1.42 bits per heavy atom.